The molecule has 0 aromatic carbocycles. The average Bonchev–Trinajstić information content (AvgIpc) is 3.07. The summed E-state index contributed by atoms with van der Waals surface area (Å²) in [6.07, 6.45) is 1.22. The Balaban J connectivity index is 1.85. The lowest BCUT2D eigenvalue weighted by Gasteiger charge is -2.27. The Hall–Kier alpha value is -1.27. The molecule has 0 aromatic rings. The van der Waals surface area contributed by atoms with E-state index >= 15 is 0 Å². The van der Waals surface area contributed by atoms with Crippen molar-refractivity contribution in [1.29, 1.82) is 0 Å². The number of likely N-dealkylation sites (tertiary alicyclic amines) is 1. The summed E-state index contributed by atoms with van der Waals surface area (Å²) >= 11 is 0. The summed E-state index contributed by atoms with van der Waals surface area (Å²) in [6, 6.07) is 0. The summed E-state index contributed by atoms with van der Waals surface area (Å²) in [6.45, 7) is -0.887. The van der Waals surface area contributed by atoms with E-state index < -0.39 is 30.5 Å². The predicted molar refractivity (Wildman–Crippen MR) is 73.1 cm³/mol. The zero-order chi connectivity index (χ0) is 16.4. The minimum absolute atomic E-state index is 0.131. The molecule has 0 radical (unpaired) electrons. The summed E-state index contributed by atoms with van der Waals surface area (Å²) in [5.41, 5.74) is -2.80. The summed E-state index contributed by atoms with van der Waals surface area (Å²) < 4.78 is 39.1. The molecule has 22 heavy (non-hydrogen) atoms. The van der Waals surface area contributed by atoms with E-state index in [2.05, 4.69) is 0 Å². The number of alkyl halides is 3. The second kappa shape index (κ2) is 6.46. The molecule has 7 heteroatoms. The topological polar surface area (TPSA) is 57.6 Å². The second-order valence-corrected chi connectivity index (χ2v) is 6.49. The Morgan fingerprint density at radius 2 is 1.86 bits per heavy atom. The molecule has 1 saturated heterocycles. The third-order valence-electron chi connectivity index (χ3n) is 5.05. The summed E-state index contributed by atoms with van der Waals surface area (Å²) in [5.74, 6) is -1.61. The van der Waals surface area contributed by atoms with Crippen LogP contribution in [0.4, 0.5) is 13.2 Å². The van der Waals surface area contributed by atoms with Crippen LogP contribution in [0, 0.1) is 11.3 Å². The molecule has 1 unspecified atom stereocenters. The fraction of sp³-hybridized carbons (Fsp3) is 0.867. The highest BCUT2D eigenvalue weighted by Gasteiger charge is 2.64. The van der Waals surface area contributed by atoms with Crippen molar-refractivity contribution in [2.45, 2.75) is 57.5 Å². The van der Waals surface area contributed by atoms with Gasteiger partial charge in [-0.05, 0) is 25.2 Å². The third kappa shape index (κ3) is 3.38. The number of carboxylic acids is 1. The number of amides is 1. The summed E-state index contributed by atoms with van der Waals surface area (Å²) in [4.78, 5) is 24.2. The Kier molecular flexibility index (Phi) is 5.02. The van der Waals surface area contributed by atoms with Crippen LogP contribution in [0.2, 0.25) is 0 Å². The standard InChI is InChI=1S/C15H22F3NO3/c16-15(17,18)14(13(21)22)8-9-19(10-14)12(20)7-3-6-11-4-1-2-5-11/h11H,1-10H2,(H,21,22). The lowest BCUT2D eigenvalue weighted by Crippen LogP contribution is -2.47. The first-order valence-corrected chi connectivity index (χ1v) is 7.84. The quantitative estimate of drug-likeness (QED) is 0.846. The number of nitrogens with zero attached hydrogens (tertiary/aromatic N) is 1. The first-order chi connectivity index (χ1) is 10.3. The van der Waals surface area contributed by atoms with Crippen LogP contribution in [0.3, 0.4) is 0 Å². The summed E-state index contributed by atoms with van der Waals surface area (Å²) in [5, 5.41) is 8.96. The van der Waals surface area contributed by atoms with Crippen molar-refractivity contribution in [1.82, 2.24) is 4.90 Å². The van der Waals surface area contributed by atoms with Gasteiger partial charge in [0.2, 0.25) is 5.91 Å². The molecule has 2 fully saturated rings. The van der Waals surface area contributed by atoms with E-state index in [0.29, 0.717) is 12.3 Å². The van der Waals surface area contributed by atoms with Crippen LogP contribution in [-0.4, -0.2) is 41.1 Å². The zero-order valence-electron chi connectivity index (χ0n) is 12.5. The van der Waals surface area contributed by atoms with Crippen molar-refractivity contribution in [3.8, 4) is 0 Å². The Morgan fingerprint density at radius 1 is 1.23 bits per heavy atom. The molecule has 1 amide bonds. The van der Waals surface area contributed by atoms with Gasteiger partial charge in [0.1, 0.15) is 0 Å². The van der Waals surface area contributed by atoms with Gasteiger partial charge in [0.15, 0.2) is 5.41 Å². The molecular weight excluding hydrogens is 299 g/mol. The van der Waals surface area contributed by atoms with E-state index in [0.717, 1.165) is 11.3 Å². The molecule has 1 atom stereocenters. The molecule has 1 N–H and O–H groups in total. The molecule has 1 aliphatic carbocycles. The number of hydrogen-bond donors (Lipinski definition) is 1. The van der Waals surface area contributed by atoms with Gasteiger partial charge < -0.3 is 10.0 Å². The van der Waals surface area contributed by atoms with Gasteiger partial charge in [-0.1, -0.05) is 25.7 Å². The normalized spacial score (nSPS) is 26.6. The predicted octanol–water partition coefficient (Wildman–Crippen LogP) is 3.21. The van der Waals surface area contributed by atoms with Gasteiger partial charge >= 0.3 is 12.1 Å². The number of rotatable bonds is 5. The Bertz CT molecular complexity index is 432. The summed E-state index contributed by atoms with van der Waals surface area (Å²) in [7, 11) is 0. The number of hydrogen-bond acceptors (Lipinski definition) is 2. The van der Waals surface area contributed by atoms with Crippen LogP contribution in [0.25, 0.3) is 0 Å². The first-order valence-electron chi connectivity index (χ1n) is 7.84. The number of carbonyl (C=O) groups excluding carboxylic acids is 1. The molecule has 4 nitrogen and oxygen atoms in total. The average molecular weight is 321 g/mol. The first kappa shape index (κ1) is 17.1. The second-order valence-electron chi connectivity index (χ2n) is 6.49. The lowest BCUT2D eigenvalue weighted by atomic mass is 9.86. The van der Waals surface area contributed by atoms with Crippen LogP contribution >= 0.6 is 0 Å². The fourth-order valence-corrected chi connectivity index (χ4v) is 3.55. The number of carboxylic acid groups (broad SMARTS) is 1. The van der Waals surface area contributed by atoms with Crippen molar-refractivity contribution in [2.75, 3.05) is 13.1 Å². The molecule has 0 bridgehead atoms. The highest BCUT2D eigenvalue weighted by Crippen LogP contribution is 2.45. The highest BCUT2D eigenvalue weighted by molar-refractivity contribution is 5.81. The molecule has 2 aliphatic rings. The van der Waals surface area contributed by atoms with E-state index in [1.165, 1.54) is 25.7 Å². The molecule has 1 aliphatic heterocycles. The van der Waals surface area contributed by atoms with Crippen LogP contribution < -0.4 is 0 Å². The minimum atomic E-state index is -4.84. The maximum atomic E-state index is 13.0. The van der Waals surface area contributed by atoms with Crippen molar-refractivity contribution < 1.29 is 27.9 Å². The molecule has 2 rings (SSSR count). The largest absolute Gasteiger partial charge is 0.481 e. The van der Waals surface area contributed by atoms with Crippen LogP contribution in [-0.2, 0) is 9.59 Å². The number of carbonyl (C=O) groups is 2. The maximum Gasteiger partial charge on any atom is 0.406 e. The van der Waals surface area contributed by atoms with Gasteiger partial charge in [-0.25, -0.2) is 0 Å². The van der Waals surface area contributed by atoms with Gasteiger partial charge in [-0.3, -0.25) is 9.59 Å². The monoisotopic (exact) mass is 321 g/mol. The SMILES string of the molecule is O=C(CCCC1CCCC1)N1CCC(C(=O)O)(C(F)(F)F)C1. The van der Waals surface area contributed by atoms with E-state index in [4.69, 9.17) is 5.11 Å². The smallest absolute Gasteiger partial charge is 0.406 e. The molecule has 1 saturated carbocycles. The van der Waals surface area contributed by atoms with Crippen molar-refractivity contribution in [3.63, 3.8) is 0 Å². The highest BCUT2D eigenvalue weighted by atomic mass is 19.4. The van der Waals surface area contributed by atoms with E-state index in [-0.39, 0.29) is 18.9 Å². The van der Waals surface area contributed by atoms with Crippen molar-refractivity contribution in [3.05, 3.63) is 0 Å². The number of halogens is 3. The van der Waals surface area contributed by atoms with Gasteiger partial charge in [0, 0.05) is 19.5 Å². The van der Waals surface area contributed by atoms with Gasteiger partial charge in [-0.15, -0.1) is 0 Å². The third-order valence-corrected chi connectivity index (χ3v) is 5.05. The van der Waals surface area contributed by atoms with Crippen molar-refractivity contribution >= 4 is 11.9 Å². The zero-order valence-corrected chi connectivity index (χ0v) is 12.5. The van der Waals surface area contributed by atoms with Gasteiger partial charge in [0.05, 0.1) is 0 Å². The van der Waals surface area contributed by atoms with E-state index in [1.807, 2.05) is 0 Å². The molecule has 0 spiro atoms. The number of aliphatic carboxylic acids is 1. The van der Waals surface area contributed by atoms with Crippen LogP contribution in [0.5, 0.6) is 0 Å². The van der Waals surface area contributed by atoms with Crippen LogP contribution in [0.1, 0.15) is 51.4 Å². The molecule has 126 valence electrons. The van der Waals surface area contributed by atoms with Gasteiger partial charge in [0.25, 0.3) is 0 Å². The maximum absolute atomic E-state index is 13.0. The van der Waals surface area contributed by atoms with E-state index in [9.17, 15) is 22.8 Å². The minimum Gasteiger partial charge on any atom is -0.481 e. The Morgan fingerprint density at radius 3 is 2.36 bits per heavy atom. The molecule has 1 heterocycles. The molecular formula is C15H22F3NO3. The lowest BCUT2D eigenvalue weighted by molar-refractivity contribution is -0.227. The molecule has 0 aromatic heterocycles. The van der Waals surface area contributed by atoms with Gasteiger partial charge in [-0.2, -0.15) is 13.2 Å². The van der Waals surface area contributed by atoms with Crippen molar-refractivity contribution in [2.24, 2.45) is 11.3 Å². The van der Waals surface area contributed by atoms with Crippen LogP contribution in [0.15, 0.2) is 0 Å². The van der Waals surface area contributed by atoms with E-state index in [1.54, 1.807) is 0 Å². The Labute approximate surface area is 127 Å². The fourth-order valence-electron chi connectivity index (χ4n) is 3.55.